The molecule has 1 aliphatic rings. The van der Waals surface area contributed by atoms with Crippen molar-refractivity contribution in [2.24, 2.45) is 0 Å². The Bertz CT molecular complexity index is 1020. The first-order chi connectivity index (χ1) is 13.6. The fraction of sp³-hybridized carbons (Fsp3) is 0.316. The minimum Gasteiger partial charge on any atom is -0.373 e. The highest BCUT2D eigenvalue weighted by Gasteiger charge is 2.32. The maximum absolute atomic E-state index is 12.9. The Morgan fingerprint density at radius 2 is 1.66 bits per heavy atom. The second kappa shape index (κ2) is 8.79. The molecule has 2 unspecified atom stereocenters. The van der Waals surface area contributed by atoms with Crippen LogP contribution in [0.25, 0.3) is 0 Å². The first-order valence-electron chi connectivity index (χ1n) is 8.79. The molecule has 1 saturated heterocycles. The average Bonchev–Trinajstić information content (AvgIpc) is 2.65. The van der Waals surface area contributed by atoms with E-state index in [9.17, 15) is 13.2 Å². The number of benzene rings is 2. The van der Waals surface area contributed by atoms with Gasteiger partial charge in [0.1, 0.15) is 0 Å². The topological polar surface area (TPSA) is 75.7 Å². The number of hydrogen-bond donors (Lipinski definition) is 1. The lowest BCUT2D eigenvalue weighted by Crippen LogP contribution is -2.48. The summed E-state index contributed by atoms with van der Waals surface area (Å²) in [6, 6.07) is 8.63. The predicted molar refractivity (Wildman–Crippen MR) is 115 cm³/mol. The second-order valence-electron chi connectivity index (χ2n) is 6.81. The van der Waals surface area contributed by atoms with Crippen molar-refractivity contribution in [3.8, 4) is 0 Å². The van der Waals surface area contributed by atoms with Crippen LogP contribution in [0.3, 0.4) is 0 Å². The first kappa shape index (κ1) is 22.3. The Morgan fingerprint density at radius 1 is 1.07 bits per heavy atom. The van der Waals surface area contributed by atoms with Crippen molar-refractivity contribution in [2.75, 3.05) is 18.4 Å². The minimum atomic E-state index is -3.68. The molecule has 1 heterocycles. The van der Waals surface area contributed by atoms with Crippen molar-refractivity contribution in [3.63, 3.8) is 0 Å². The fourth-order valence-electron chi connectivity index (χ4n) is 3.10. The van der Waals surface area contributed by atoms with Crippen LogP contribution in [0.15, 0.2) is 41.3 Å². The molecule has 0 aliphatic carbocycles. The Labute approximate surface area is 184 Å². The van der Waals surface area contributed by atoms with Gasteiger partial charge in [0.05, 0.1) is 32.8 Å². The lowest BCUT2D eigenvalue weighted by atomic mass is 10.2. The van der Waals surface area contributed by atoms with Gasteiger partial charge in [-0.1, -0.05) is 34.8 Å². The number of hydrogen-bond acceptors (Lipinski definition) is 4. The van der Waals surface area contributed by atoms with Crippen LogP contribution in [-0.2, 0) is 14.8 Å². The zero-order valence-corrected chi connectivity index (χ0v) is 18.7. The van der Waals surface area contributed by atoms with Gasteiger partial charge in [-0.15, -0.1) is 0 Å². The highest BCUT2D eigenvalue weighted by atomic mass is 35.5. The number of anilines is 1. The van der Waals surface area contributed by atoms with E-state index in [4.69, 9.17) is 39.5 Å². The summed E-state index contributed by atoms with van der Waals surface area (Å²) in [5.41, 5.74) is 0.530. The van der Waals surface area contributed by atoms with Crippen LogP contribution in [0, 0.1) is 0 Å². The van der Waals surface area contributed by atoms with Crippen molar-refractivity contribution in [1.82, 2.24) is 4.31 Å². The third-order valence-electron chi connectivity index (χ3n) is 4.38. The Kier molecular flexibility index (Phi) is 6.77. The lowest BCUT2D eigenvalue weighted by molar-refractivity contribution is -0.0440. The van der Waals surface area contributed by atoms with Crippen LogP contribution in [0.4, 0.5) is 5.69 Å². The molecule has 6 nitrogen and oxygen atoms in total. The van der Waals surface area contributed by atoms with Crippen molar-refractivity contribution in [3.05, 3.63) is 57.0 Å². The van der Waals surface area contributed by atoms with Gasteiger partial charge in [-0.25, -0.2) is 8.42 Å². The molecule has 1 fully saturated rings. The molecule has 0 radical (unpaired) electrons. The normalized spacial score (nSPS) is 20.4. The maximum Gasteiger partial charge on any atom is 0.255 e. The van der Waals surface area contributed by atoms with Crippen molar-refractivity contribution in [2.45, 2.75) is 31.0 Å². The van der Waals surface area contributed by atoms with Crippen LogP contribution in [0.1, 0.15) is 24.2 Å². The number of ether oxygens (including phenoxy) is 1. The first-order valence-corrected chi connectivity index (χ1v) is 11.4. The molecule has 10 heteroatoms. The van der Waals surface area contributed by atoms with E-state index in [1.54, 1.807) is 0 Å². The number of sulfonamides is 1. The number of halogens is 3. The van der Waals surface area contributed by atoms with Crippen molar-refractivity contribution >= 4 is 56.4 Å². The van der Waals surface area contributed by atoms with Crippen LogP contribution in [0.2, 0.25) is 15.1 Å². The molecule has 3 rings (SSSR count). The van der Waals surface area contributed by atoms with Gasteiger partial charge in [0.2, 0.25) is 10.0 Å². The maximum atomic E-state index is 12.9. The third-order valence-corrected chi connectivity index (χ3v) is 7.25. The van der Waals surface area contributed by atoms with E-state index in [0.29, 0.717) is 5.02 Å². The number of rotatable bonds is 4. The summed E-state index contributed by atoms with van der Waals surface area (Å²) < 4.78 is 32.8. The molecule has 29 heavy (non-hydrogen) atoms. The molecule has 1 amide bonds. The molecule has 2 aromatic carbocycles. The fourth-order valence-corrected chi connectivity index (χ4v) is 5.34. The standard InChI is InChI=1S/C19H19Cl3N2O4S/c1-11-9-24(10-12(2)28-11)29(26,27)15-5-3-13(4-6-15)19(25)23-17-8-14(20)7-16(21)18(17)22/h3-8,11-12H,9-10H2,1-2H3,(H,23,25). The second-order valence-corrected chi connectivity index (χ2v) is 9.97. The quantitative estimate of drug-likeness (QED) is 0.648. The summed E-state index contributed by atoms with van der Waals surface area (Å²) in [6.45, 7) is 4.23. The third kappa shape index (κ3) is 5.05. The van der Waals surface area contributed by atoms with Crippen LogP contribution in [-0.4, -0.2) is 43.9 Å². The summed E-state index contributed by atoms with van der Waals surface area (Å²) in [7, 11) is -3.68. The minimum absolute atomic E-state index is 0.110. The summed E-state index contributed by atoms with van der Waals surface area (Å²) in [4.78, 5) is 12.6. The van der Waals surface area contributed by atoms with E-state index >= 15 is 0 Å². The van der Waals surface area contributed by atoms with E-state index in [0.717, 1.165) is 0 Å². The molecule has 156 valence electrons. The number of morpholine rings is 1. The predicted octanol–water partition coefficient (Wildman–Crippen LogP) is 4.70. The van der Waals surface area contributed by atoms with Gasteiger partial charge in [0, 0.05) is 23.7 Å². The highest BCUT2D eigenvalue weighted by molar-refractivity contribution is 7.89. The molecule has 2 aromatic rings. The monoisotopic (exact) mass is 476 g/mol. The van der Waals surface area contributed by atoms with Gasteiger partial charge in [-0.3, -0.25) is 4.79 Å². The van der Waals surface area contributed by atoms with Gasteiger partial charge in [-0.2, -0.15) is 4.31 Å². The largest absolute Gasteiger partial charge is 0.373 e. The number of carbonyl (C=O) groups excluding carboxylic acids is 1. The number of carbonyl (C=O) groups is 1. The Morgan fingerprint density at radius 3 is 2.24 bits per heavy atom. The van der Waals surface area contributed by atoms with Crippen molar-refractivity contribution < 1.29 is 17.9 Å². The van der Waals surface area contributed by atoms with Gasteiger partial charge in [0.15, 0.2) is 0 Å². The van der Waals surface area contributed by atoms with Crippen LogP contribution < -0.4 is 5.32 Å². The molecule has 0 bridgehead atoms. The number of amides is 1. The average molecular weight is 478 g/mol. The Balaban J connectivity index is 1.78. The Hall–Kier alpha value is -1.35. The molecule has 1 N–H and O–H groups in total. The van der Waals surface area contributed by atoms with E-state index in [-0.39, 0.29) is 51.5 Å². The molecule has 0 aromatic heterocycles. The molecule has 0 saturated carbocycles. The number of nitrogens with zero attached hydrogens (tertiary/aromatic N) is 1. The molecule has 0 spiro atoms. The summed E-state index contributed by atoms with van der Waals surface area (Å²) in [6.07, 6.45) is -0.374. The van der Waals surface area contributed by atoms with Gasteiger partial charge in [0.25, 0.3) is 5.91 Å². The summed E-state index contributed by atoms with van der Waals surface area (Å²) in [5, 5.41) is 3.33. The SMILES string of the molecule is CC1CN(S(=O)(=O)c2ccc(C(=O)Nc3cc(Cl)cc(Cl)c3Cl)cc2)CC(C)O1. The zero-order chi connectivity index (χ0) is 21.3. The lowest BCUT2D eigenvalue weighted by Gasteiger charge is -2.34. The van der Waals surface area contributed by atoms with Crippen LogP contribution in [0.5, 0.6) is 0 Å². The van der Waals surface area contributed by atoms with E-state index in [1.165, 1.54) is 40.7 Å². The van der Waals surface area contributed by atoms with Crippen molar-refractivity contribution in [1.29, 1.82) is 0 Å². The van der Waals surface area contributed by atoms with Gasteiger partial charge < -0.3 is 10.1 Å². The molecule has 1 aliphatic heterocycles. The molecule has 2 atom stereocenters. The smallest absolute Gasteiger partial charge is 0.255 e. The molecular formula is C19H19Cl3N2O4S. The molecular weight excluding hydrogens is 459 g/mol. The highest BCUT2D eigenvalue weighted by Crippen LogP contribution is 2.33. The van der Waals surface area contributed by atoms with E-state index < -0.39 is 15.9 Å². The number of nitrogens with one attached hydrogen (secondary N) is 1. The summed E-state index contributed by atoms with van der Waals surface area (Å²) in [5.74, 6) is -0.470. The summed E-state index contributed by atoms with van der Waals surface area (Å²) >= 11 is 18.0. The van der Waals surface area contributed by atoms with Gasteiger partial charge in [-0.05, 0) is 50.2 Å². The van der Waals surface area contributed by atoms with Gasteiger partial charge >= 0.3 is 0 Å². The van der Waals surface area contributed by atoms with E-state index in [2.05, 4.69) is 5.32 Å². The zero-order valence-electron chi connectivity index (χ0n) is 15.7. The van der Waals surface area contributed by atoms with Crippen LogP contribution >= 0.6 is 34.8 Å². The van der Waals surface area contributed by atoms with E-state index in [1.807, 2.05) is 13.8 Å².